The van der Waals surface area contributed by atoms with Gasteiger partial charge in [-0.05, 0) is 12.5 Å². The molecular weight excluding hydrogens is 328 g/mol. The Balaban J connectivity index is 1.81. The summed E-state index contributed by atoms with van der Waals surface area (Å²) in [5.74, 6) is -1.99. The van der Waals surface area contributed by atoms with Crippen LogP contribution in [0.4, 0.5) is 5.13 Å². The molecule has 24 heavy (non-hydrogen) atoms. The molecule has 0 saturated carbocycles. The number of rotatable bonds is 8. The second kappa shape index (κ2) is 9.07. The third-order valence-electron chi connectivity index (χ3n) is 3.37. The van der Waals surface area contributed by atoms with Crippen LogP contribution in [0.1, 0.15) is 31.9 Å². The lowest BCUT2D eigenvalue weighted by molar-refractivity contribution is -0.128. The Hall–Kier alpha value is -2.35. The molecule has 0 aromatic carbocycles. The van der Waals surface area contributed by atoms with Crippen molar-refractivity contribution >= 4 is 40.4 Å². The van der Waals surface area contributed by atoms with Crippen molar-refractivity contribution in [3.63, 3.8) is 0 Å². The molecular formula is C16H20N4O3S. The molecule has 1 aromatic heterocycles. The first kappa shape index (κ1) is 18.0. The zero-order chi connectivity index (χ0) is 17.4. The van der Waals surface area contributed by atoms with Crippen LogP contribution >= 0.6 is 11.3 Å². The van der Waals surface area contributed by atoms with Crippen LogP contribution in [0.3, 0.4) is 0 Å². The number of dihydropyridines is 1. The van der Waals surface area contributed by atoms with E-state index in [1.807, 2.05) is 0 Å². The average Bonchev–Trinajstić information content (AvgIpc) is 2.98. The van der Waals surface area contributed by atoms with Gasteiger partial charge in [-0.3, -0.25) is 14.4 Å². The van der Waals surface area contributed by atoms with Gasteiger partial charge in [-0.2, -0.15) is 0 Å². The third-order valence-corrected chi connectivity index (χ3v) is 4.17. The number of unbranched alkanes of at least 4 members (excludes halogenated alkanes) is 2. The van der Waals surface area contributed by atoms with Gasteiger partial charge in [-0.15, -0.1) is 11.3 Å². The number of amides is 3. The van der Waals surface area contributed by atoms with Crippen molar-refractivity contribution in [3.05, 3.63) is 23.2 Å². The highest BCUT2D eigenvalue weighted by Crippen LogP contribution is 2.18. The van der Waals surface area contributed by atoms with Gasteiger partial charge in [0.05, 0.1) is 12.1 Å². The smallest absolute Gasteiger partial charge is 0.262 e. The lowest BCUT2D eigenvalue weighted by Gasteiger charge is -2.09. The molecule has 0 aliphatic carbocycles. The van der Waals surface area contributed by atoms with E-state index in [0.717, 1.165) is 19.3 Å². The number of nitrogens with one attached hydrogen (secondary N) is 2. The Morgan fingerprint density at radius 1 is 1.33 bits per heavy atom. The Morgan fingerprint density at radius 3 is 2.92 bits per heavy atom. The Labute approximate surface area is 144 Å². The molecule has 3 amide bonds. The summed E-state index contributed by atoms with van der Waals surface area (Å²) >= 11 is 1.22. The highest BCUT2D eigenvalue weighted by atomic mass is 32.1. The first-order valence-electron chi connectivity index (χ1n) is 7.87. The van der Waals surface area contributed by atoms with E-state index >= 15 is 0 Å². The van der Waals surface area contributed by atoms with Gasteiger partial charge in [0.2, 0.25) is 11.8 Å². The second-order valence-corrected chi connectivity index (χ2v) is 6.20. The Morgan fingerprint density at radius 2 is 2.17 bits per heavy atom. The number of carbonyl (C=O) groups is 3. The van der Waals surface area contributed by atoms with Gasteiger partial charge in [0.15, 0.2) is 5.13 Å². The van der Waals surface area contributed by atoms with E-state index in [1.54, 1.807) is 11.5 Å². The van der Waals surface area contributed by atoms with Crippen LogP contribution in [0.5, 0.6) is 0 Å². The largest absolute Gasteiger partial charge is 0.356 e. The minimum Gasteiger partial charge on any atom is -0.356 e. The number of anilines is 1. The summed E-state index contributed by atoms with van der Waals surface area (Å²) in [5, 5.41) is 7.51. The molecule has 8 heteroatoms. The van der Waals surface area contributed by atoms with Crippen LogP contribution in [0.25, 0.3) is 0 Å². The molecule has 7 nitrogen and oxygen atoms in total. The van der Waals surface area contributed by atoms with E-state index in [1.165, 1.54) is 23.6 Å². The molecule has 1 unspecified atom stereocenters. The van der Waals surface area contributed by atoms with Crippen molar-refractivity contribution in [3.8, 4) is 0 Å². The van der Waals surface area contributed by atoms with Crippen molar-refractivity contribution in [1.82, 2.24) is 10.3 Å². The molecule has 1 aliphatic heterocycles. The number of thiazole rings is 1. The lowest BCUT2D eigenvalue weighted by Crippen LogP contribution is -2.28. The van der Waals surface area contributed by atoms with E-state index in [9.17, 15) is 14.4 Å². The van der Waals surface area contributed by atoms with Crippen molar-refractivity contribution in [2.24, 2.45) is 10.9 Å². The minimum absolute atomic E-state index is 0.0889. The Bertz CT molecular complexity index is 666. The maximum atomic E-state index is 12.0. The summed E-state index contributed by atoms with van der Waals surface area (Å²) in [5.41, 5.74) is 0.590. The summed E-state index contributed by atoms with van der Waals surface area (Å²) in [4.78, 5) is 43.2. The van der Waals surface area contributed by atoms with Gasteiger partial charge in [0, 0.05) is 18.1 Å². The van der Waals surface area contributed by atoms with Crippen LogP contribution in [0.15, 0.2) is 22.5 Å². The van der Waals surface area contributed by atoms with Gasteiger partial charge in [-0.1, -0.05) is 25.8 Å². The fraction of sp³-hybridized carbons (Fsp3) is 0.438. The number of carbonyl (C=O) groups excluding carboxylic acids is 3. The van der Waals surface area contributed by atoms with E-state index in [0.29, 0.717) is 17.4 Å². The van der Waals surface area contributed by atoms with E-state index in [2.05, 4.69) is 27.5 Å². The zero-order valence-electron chi connectivity index (χ0n) is 13.4. The van der Waals surface area contributed by atoms with E-state index in [4.69, 9.17) is 0 Å². The molecule has 1 aromatic rings. The number of hydrogen-bond donors (Lipinski definition) is 2. The van der Waals surface area contributed by atoms with Gasteiger partial charge >= 0.3 is 0 Å². The molecule has 0 spiro atoms. The highest BCUT2D eigenvalue weighted by molar-refractivity contribution is 7.13. The fourth-order valence-corrected chi connectivity index (χ4v) is 2.81. The Kier molecular flexibility index (Phi) is 6.80. The number of allylic oxidation sites excluding steroid dienone is 1. The molecule has 1 atom stereocenters. The maximum Gasteiger partial charge on any atom is 0.262 e. The molecule has 0 saturated heterocycles. The molecule has 0 radical (unpaired) electrons. The van der Waals surface area contributed by atoms with E-state index in [-0.39, 0.29) is 12.3 Å². The fourth-order valence-electron chi connectivity index (χ4n) is 2.10. The lowest BCUT2D eigenvalue weighted by atomic mass is 10.1. The number of aromatic nitrogens is 1. The van der Waals surface area contributed by atoms with Crippen LogP contribution in [-0.2, 0) is 20.8 Å². The predicted octanol–water partition coefficient (Wildman–Crippen LogP) is 1.71. The van der Waals surface area contributed by atoms with Crippen molar-refractivity contribution in [2.75, 3.05) is 11.9 Å². The molecule has 2 rings (SSSR count). The minimum atomic E-state index is -0.927. The number of nitrogens with zero attached hydrogens (tertiary/aromatic N) is 2. The van der Waals surface area contributed by atoms with Gasteiger partial charge < -0.3 is 10.6 Å². The average molecular weight is 348 g/mol. The first-order chi connectivity index (χ1) is 11.6. The van der Waals surface area contributed by atoms with Gasteiger partial charge in [0.25, 0.3) is 5.91 Å². The van der Waals surface area contributed by atoms with Crippen molar-refractivity contribution in [1.29, 1.82) is 0 Å². The maximum absolute atomic E-state index is 12.0. The monoisotopic (exact) mass is 348 g/mol. The summed E-state index contributed by atoms with van der Waals surface area (Å²) in [7, 11) is 0. The van der Waals surface area contributed by atoms with E-state index < -0.39 is 17.7 Å². The van der Waals surface area contributed by atoms with Crippen LogP contribution in [0.2, 0.25) is 0 Å². The first-order valence-corrected chi connectivity index (χ1v) is 8.74. The summed E-state index contributed by atoms with van der Waals surface area (Å²) in [6, 6.07) is 0. The number of aliphatic imine (C=N–C) groups is 1. The summed E-state index contributed by atoms with van der Waals surface area (Å²) < 4.78 is 0. The molecule has 0 bridgehead atoms. The topological polar surface area (TPSA) is 101 Å². The normalized spacial score (nSPS) is 16.2. The highest BCUT2D eigenvalue weighted by Gasteiger charge is 2.25. The second-order valence-electron chi connectivity index (χ2n) is 5.35. The van der Waals surface area contributed by atoms with Gasteiger partial charge in [-0.25, -0.2) is 9.98 Å². The molecule has 128 valence electrons. The molecule has 2 N–H and O–H groups in total. The van der Waals surface area contributed by atoms with Gasteiger partial charge in [0.1, 0.15) is 5.92 Å². The quantitative estimate of drug-likeness (QED) is 0.552. The van der Waals surface area contributed by atoms with Crippen LogP contribution in [-0.4, -0.2) is 35.5 Å². The van der Waals surface area contributed by atoms with Crippen LogP contribution in [0, 0.1) is 5.92 Å². The summed E-state index contributed by atoms with van der Waals surface area (Å²) in [6.07, 6.45) is 7.73. The SMILES string of the molecule is CCCCCNC(=O)Cc1csc(NC(=O)C2C=CC=NC2=O)n1. The van der Waals surface area contributed by atoms with Crippen molar-refractivity contribution < 1.29 is 14.4 Å². The predicted molar refractivity (Wildman–Crippen MR) is 93.1 cm³/mol. The molecule has 2 heterocycles. The van der Waals surface area contributed by atoms with Crippen molar-refractivity contribution in [2.45, 2.75) is 32.6 Å². The zero-order valence-corrected chi connectivity index (χ0v) is 14.3. The number of hydrogen-bond acceptors (Lipinski definition) is 5. The molecule has 0 fully saturated rings. The molecule has 1 aliphatic rings. The third kappa shape index (κ3) is 5.38. The summed E-state index contributed by atoms with van der Waals surface area (Å²) in [6.45, 7) is 2.77. The van der Waals surface area contributed by atoms with Crippen LogP contribution < -0.4 is 10.6 Å². The standard InChI is InChI=1S/C16H20N4O3S/c1-2-3-4-7-17-13(21)9-11-10-24-16(19-11)20-15(23)12-6-5-8-18-14(12)22/h5-6,8,10,12H,2-4,7,9H2,1H3,(H,17,21)(H,19,20,23).